The van der Waals surface area contributed by atoms with Crippen LogP contribution in [0.2, 0.25) is 0 Å². The lowest BCUT2D eigenvalue weighted by atomic mass is 10.3. The Morgan fingerprint density at radius 1 is 1.38 bits per heavy atom. The highest BCUT2D eigenvalue weighted by Crippen LogP contribution is 2.19. The van der Waals surface area contributed by atoms with Gasteiger partial charge in [0.25, 0.3) is 0 Å². The van der Waals surface area contributed by atoms with Gasteiger partial charge in [-0.1, -0.05) is 6.07 Å². The molecule has 0 saturated carbocycles. The maximum atomic E-state index is 5.98. The molecule has 21 heavy (non-hydrogen) atoms. The summed E-state index contributed by atoms with van der Waals surface area (Å²) in [4.78, 5) is 6.42. The third kappa shape index (κ3) is 4.82. The first-order valence-electron chi connectivity index (χ1n) is 7.12. The first-order chi connectivity index (χ1) is 10.2. The molecule has 0 bridgehead atoms. The summed E-state index contributed by atoms with van der Waals surface area (Å²) < 4.78 is 16.3. The standard InChI is InChI=1S/C15H23N3O3/c1-12(21-14-5-3-4-13(10-14)19-2)11-17-15(16)18-6-8-20-9-7-18/h3-5,10,12H,6-9,11H2,1-2H3,(H2,16,17). The highest BCUT2D eigenvalue weighted by atomic mass is 16.5. The molecule has 0 radical (unpaired) electrons. The van der Waals surface area contributed by atoms with Crippen LogP contribution in [-0.4, -0.2) is 56.9 Å². The maximum Gasteiger partial charge on any atom is 0.191 e. The summed E-state index contributed by atoms with van der Waals surface area (Å²) in [7, 11) is 1.63. The van der Waals surface area contributed by atoms with Crippen molar-refractivity contribution >= 4 is 5.96 Å². The number of aliphatic imine (C=N–C) groups is 1. The second kappa shape index (κ2) is 7.73. The van der Waals surface area contributed by atoms with Gasteiger partial charge in [0.2, 0.25) is 0 Å². The van der Waals surface area contributed by atoms with Crippen LogP contribution >= 0.6 is 0 Å². The number of nitrogens with zero attached hydrogens (tertiary/aromatic N) is 2. The predicted octanol–water partition coefficient (Wildman–Crippen LogP) is 1.11. The summed E-state index contributed by atoms with van der Waals surface area (Å²) in [6.07, 6.45) is -0.0586. The summed E-state index contributed by atoms with van der Waals surface area (Å²) in [6, 6.07) is 7.53. The number of methoxy groups -OCH3 is 1. The molecular formula is C15H23N3O3. The van der Waals surface area contributed by atoms with Gasteiger partial charge in [0.05, 0.1) is 26.9 Å². The van der Waals surface area contributed by atoms with E-state index in [0.29, 0.717) is 25.7 Å². The fourth-order valence-electron chi connectivity index (χ4n) is 2.06. The van der Waals surface area contributed by atoms with E-state index in [-0.39, 0.29) is 6.10 Å². The molecule has 1 heterocycles. The molecule has 1 aliphatic heterocycles. The lowest BCUT2D eigenvalue weighted by molar-refractivity contribution is 0.0673. The summed E-state index contributed by atoms with van der Waals surface area (Å²) in [5, 5.41) is 0. The zero-order valence-electron chi connectivity index (χ0n) is 12.6. The molecule has 1 aromatic carbocycles. The molecule has 0 aromatic heterocycles. The van der Waals surface area contributed by atoms with Gasteiger partial charge < -0.3 is 24.8 Å². The van der Waals surface area contributed by atoms with Crippen LogP contribution in [0.5, 0.6) is 11.5 Å². The molecule has 0 amide bonds. The molecule has 1 fully saturated rings. The number of nitrogens with two attached hydrogens (primary N) is 1. The van der Waals surface area contributed by atoms with E-state index < -0.39 is 0 Å². The third-order valence-electron chi connectivity index (χ3n) is 3.22. The van der Waals surface area contributed by atoms with Crippen LogP contribution < -0.4 is 15.2 Å². The quantitative estimate of drug-likeness (QED) is 0.650. The van der Waals surface area contributed by atoms with Crippen molar-refractivity contribution in [3.05, 3.63) is 24.3 Å². The number of rotatable bonds is 5. The van der Waals surface area contributed by atoms with Crippen molar-refractivity contribution in [3.8, 4) is 11.5 Å². The van der Waals surface area contributed by atoms with Gasteiger partial charge in [-0.15, -0.1) is 0 Å². The van der Waals surface area contributed by atoms with Crippen molar-refractivity contribution in [3.63, 3.8) is 0 Å². The van der Waals surface area contributed by atoms with E-state index in [0.717, 1.165) is 24.6 Å². The van der Waals surface area contributed by atoms with Gasteiger partial charge in [0.15, 0.2) is 5.96 Å². The fraction of sp³-hybridized carbons (Fsp3) is 0.533. The van der Waals surface area contributed by atoms with Gasteiger partial charge in [0.1, 0.15) is 17.6 Å². The van der Waals surface area contributed by atoms with E-state index in [2.05, 4.69) is 4.99 Å². The van der Waals surface area contributed by atoms with Gasteiger partial charge in [-0.05, 0) is 19.1 Å². The smallest absolute Gasteiger partial charge is 0.191 e. The monoisotopic (exact) mass is 293 g/mol. The van der Waals surface area contributed by atoms with Crippen LogP contribution in [0.25, 0.3) is 0 Å². The fourth-order valence-corrected chi connectivity index (χ4v) is 2.06. The molecule has 0 spiro atoms. The molecule has 1 aliphatic rings. The molecular weight excluding hydrogens is 270 g/mol. The first-order valence-corrected chi connectivity index (χ1v) is 7.12. The molecule has 2 rings (SSSR count). The number of guanidine groups is 1. The van der Waals surface area contributed by atoms with Crippen molar-refractivity contribution in [2.75, 3.05) is 40.0 Å². The van der Waals surface area contributed by atoms with E-state index in [1.165, 1.54) is 0 Å². The second-order valence-electron chi connectivity index (χ2n) is 4.91. The van der Waals surface area contributed by atoms with E-state index in [9.17, 15) is 0 Å². The van der Waals surface area contributed by atoms with Crippen molar-refractivity contribution in [2.24, 2.45) is 10.7 Å². The van der Waals surface area contributed by atoms with Crippen molar-refractivity contribution in [1.29, 1.82) is 0 Å². The highest BCUT2D eigenvalue weighted by molar-refractivity contribution is 5.78. The molecule has 1 saturated heterocycles. The van der Waals surface area contributed by atoms with Crippen molar-refractivity contribution < 1.29 is 14.2 Å². The van der Waals surface area contributed by atoms with Crippen molar-refractivity contribution in [2.45, 2.75) is 13.0 Å². The van der Waals surface area contributed by atoms with E-state index >= 15 is 0 Å². The number of benzene rings is 1. The normalized spacial score (nSPS) is 17.4. The molecule has 1 atom stereocenters. The molecule has 1 unspecified atom stereocenters. The minimum absolute atomic E-state index is 0.0586. The zero-order chi connectivity index (χ0) is 15.1. The van der Waals surface area contributed by atoms with Gasteiger partial charge in [-0.25, -0.2) is 4.99 Å². The second-order valence-corrected chi connectivity index (χ2v) is 4.91. The predicted molar refractivity (Wildman–Crippen MR) is 82.0 cm³/mol. The molecule has 0 aliphatic carbocycles. The minimum Gasteiger partial charge on any atom is -0.497 e. The highest BCUT2D eigenvalue weighted by Gasteiger charge is 2.12. The Kier molecular flexibility index (Phi) is 5.68. The lowest BCUT2D eigenvalue weighted by Crippen LogP contribution is -2.45. The average molecular weight is 293 g/mol. The van der Waals surface area contributed by atoms with Gasteiger partial charge in [-0.3, -0.25) is 0 Å². The van der Waals surface area contributed by atoms with E-state index in [1.54, 1.807) is 7.11 Å². The Bertz CT molecular complexity index is 473. The lowest BCUT2D eigenvalue weighted by Gasteiger charge is -2.27. The Balaban J connectivity index is 1.84. The molecule has 6 heteroatoms. The zero-order valence-corrected chi connectivity index (χ0v) is 12.6. The Morgan fingerprint density at radius 2 is 2.10 bits per heavy atom. The van der Waals surface area contributed by atoms with E-state index in [1.807, 2.05) is 36.1 Å². The topological polar surface area (TPSA) is 69.3 Å². The van der Waals surface area contributed by atoms with Gasteiger partial charge in [-0.2, -0.15) is 0 Å². The van der Waals surface area contributed by atoms with E-state index in [4.69, 9.17) is 19.9 Å². The van der Waals surface area contributed by atoms with Crippen LogP contribution in [-0.2, 0) is 4.74 Å². The van der Waals surface area contributed by atoms with Crippen LogP contribution in [0.15, 0.2) is 29.3 Å². The minimum atomic E-state index is -0.0586. The number of hydrogen-bond acceptors (Lipinski definition) is 4. The maximum absolute atomic E-state index is 5.98. The number of ether oxygens (including phenoxy) is 3. The Hall–Kier alpha value is -1.95. The molecule has 6 nitrogen and oxygen atoms in total. The largest absolute Gasteiger partial charge is 0.497 e. The number of morpholine rings is 1. The van der Waals surface area contributed by atoms with Gasteiger partial charge >= 0.3 is 0 Å². The van der Waals surface area contributed by atoms with Crippen LogP contribution in [0.1, 0.15) is 6.92 Å². The summed E-state index contributed by atoms with van der Waals surface area (Å²) in [6.45, 7) is 5.47. The number of hydrogen-bond donors (Lipinski definition) is 1. The van der Waals surface area contributed by atoms with Crippen molar-refractivity contribution in [1.82, 2.24) is 4.90 Å². The third-order valence-corrected chi connectivity index (χ3v) is 3.22. The van der Waals surface area contributed by atoms with Crippen LogP contribution in [0.3, 0.4) is 0 Å². The molecule has 1 aromatic rings. The van der Waals surface area contributed by atoms with Crippen LogP contribution in [0, 0.1) is 0 Å². The first kappa shape index (κ1) is 15.4. The Labute approximate surface area is 125 Å². The van der Waals surface area contributed by atoms with Crippen LogP contribution in [0.4, 0.5) is 0 Å². The molecule has 116 valence electrons. The SMILES string of the molecule is COc1cccc(OC(C)CN=C(N)N2CCOCC2)c1. The summed E-state index contributed by atoms with van der Waals surface area (Å²) in [5.41, 5.74) is 5.98. The average Bonchev–Trinajstić information content (AvgIpc) is 2.53. The summed E-state index contributed by atoms with van der Waals surface area (Å²) >= 11 is 0. The van der Waals surface area contributed by atoms with Gasteiger partial charge in [0, 0.05) is 19.2 Å². The summed E-state index contributed by atoms with van der Waals surface area (Å²) in [5.74, 6) is 2.09. The molecule has 2 N–H and O–H groups in total. The Morgan fingerprint density at radius 3 is 2.81 bits per heavy atom.